The highest BCUT2D eigenvalue weighted by atomic mass is 16.5. The molecule has 1 aromatic carbocycles. The van der Waals surface area contributed by atoms with Crippen LogP contribution in [0, 0.1) is 6.92 Å². The molecule has 134 valence electrons. The highest BCUT2D eigenvalue weighted by Gasteiger charge is 2.18. The molecule has 0 amide bonds. The molecule has 6 heteroatoms. The van der Waals surface area contributed by atoms with E-state index < -0.39 is 0 Å². The van der Waals surface area contributed by atoms with Gasteiger partial charge in [0.1, 0.15) is 18.5 Å². The summed E-state index contributed by atoms with van der Waals surface area (Å²) in [7, 11) is 0. The summed E-state index contributed by atoms with van der Waals surface area (Å²) >= 11 is 0. The SMILES string of the molecule is Cc1cc(-n2cnnc2)ncc1-c1ccc(C(C)N2CCOCC2)cc1. The van der Waals surface area contributed by atoms with Crippen LogP contribution >= 0.6 is 0 Å². The first-order chi connectivity index (χ1) is 12.7. The highest BCUT2D eigenvalue weighted by Crippen LogP contribution is 2.27. The minimum Gasteiger partial charge on any atom is -0.379 e. The van der Waals surface area contributed by atoms with Crippen molar-refractivity contribution in [2.75, 3.05) is 26.3 Å². The summed E-state index contributed by atoms with van der Waals surface area (Å²) in [4.78, 5) is 7.02. The average molecular weight is 349 g/mol. The Morgan fingerprint density at radius 3 is 2.38 bits per heavy atom. The van der Waals surface area contributed by atoms with E-state index >= 15 is 0 Å². The molecule has 0 aliphatic carbocycles. The molecule has 1 aliphatic heterocycles. The van der Waals surface area contributed by atoms with Crippen molar-refractivity contribution in [1.82, 2.24) is 24.6 Å². The second kappa shape index (κ2) is 7.35. The zero-order valence-corrected chi connectivity index (χ0v) is 15.2. The van der Waals surface area contributed by atoms with Crippen molar-refractivity contribution in [3.8, 4) is 16.9 Å². The van der Waals surface area contributed by atoms with Gasteiger partial charge in [0.15, 0.2) is 0 Å². The number of aromatic nitrogens is 4. The summed E-state index contributed by atoms with van der Waals surface area (Å²) < 4.78 is 7.26. The lowest BCUT2D eigenvalue weighted by molar-refractivity contribution is 0.0198. The standard InChI is InChI=1S/C20H23N5O/c1-15-11-20(25-13-22-23-14-25)21-12-19(15)18-5-3-17(4-6-18)16(2)24-7-9-26-10-8-24/h3-6,11-14,16H,7-10H2,1-2H3. The maximum Gasteiger partial charge on any atom is 0.139 e. The van der Waals surface area contributed by atoms with Gasteiger partial charge in [-0.15, -0.1) is 10.2 Å². The van der Waals surface area contributed by atoms with Crippen molar-refractivity contribution < 1.29 is 4.74 Å². The van der Waals surface area contributed by atoms with Gasteiger partial charge in [-0.25, -0.2) is 4.98 Å². The van der Waals surface area contributed by atoms with Crippen molar-refractivity contribution in [1.29, 1.82) is 0 Å². The molecule has 26 heavy (non-hydrogen) atoms. The highest BCUT2D eigenvalue weighted by molar-refractivity contribution is 5.67. The molecule has 0 bridgehead atoms. The van der Waals surface area contributed by atoms with E-state index in [9.17, 15) is 0 Å². The van der Waals surface area contributed by atoms with Crippen LogP contribution in [0.4, 0.5) is 0 Å². The largest absolute Gasteiger partial charge is 0.379 e. The molecule has 0 saturated carbocycles. The minimum absolute atomic E-state index is 0.406. The molecule has 0 N–H and O–H groups in total. The Kier molecular flexibility index (Phi) is 4.77. The Bertz CT molecular complexity index is 854. The lowest BCUT2D eigenvalue weighted by atomic mass is 9.99. The molecule has 2 aromatic heterocycles. The van der Waals surface area contributed by atoms with Gasteiger partial charge in [-0.2, -0.15) is 0 Å². The predicted molar refractivity (Wildman–Crippen MR) is 100 cm³/mol. The molecule has 1 unspecified atom stereocenters. The maximum absolute atomic E-state index is 5.45. The molecule has 6 nitrogen and oxygen atoms in total. The van der Waals surface area contributed by atoms with Crippen LogP contribution in [0.5, 0.6) is 0 Å². The quantitative estimate of drug-likeness (QED) is 0.725. The average Bonchev–Trinajstić information content (AvgIpc) is 3.23. The van der Waals surface area contributed by atoms with E-state index in [0.29, 0.717) is 6.04 Å². The van der Waals surface area contributed by atoms with Gasteiger partial charge in [0.05, 0.1) is 13.2 Å². The zero-order valence-electron chi connectivity index (χ0n) is 15.2. The summed E-state index contributed by atoms with van der Waals surface area (Å²) in [5.41, 5.74) is 4.84. The first-order valence-corrected chi connectivity index (χ1v) is 8.96. The molecule has 1 fully saturated rings. The van der Waals surface area contributed by atoms with Gasteiger partial charge in [0.25, 0.3) is 0 Å². The van der Waals surface area contributed by atoms with E-state index in [1.807, 2.05) is 10.8 Å². The molecule has 3 heterocycles. The van der Waals surface area contributed by atoms with E-state index in [1.165, 1.54) is 16.7 Å². The van der Waals surface area contributed by atoms with Crippen LogP contribution in [-0.4, -0.2) is 51.0 Å². The van der Waals surface area contributed by atoms with E-state index in [2.05, 4.69) is 64.3 Å². The van der Waals surface area contributed by atoms with Crippen molar-refractivity contribution in [2.45, 2.75) is 19.9 Å². The van der Waals surface area contributed by atoms with Gasteiger partial charge < -0.3 is 4.74 Å². The van der Waals surface area contributed by atoms with E-state index in [0.717, 1.165) is 37.7 Å². The number of rotatable bonds is 4. The fourth-order valence-corrected chi connectivity index (χ4v) is 3.42. The summed E-state index contributed by atoms with van der Waals surface area (Å²) in [6.45, 7) is 8.02. The summed E-state index contributed by atoms with van der Waals surface area (Å²) in [6, 6.07) is 11.3. The third-order valence-corrected chi connectivity index (χ3v) is 5.08. The third kappa shape index (κ3) is 3.38. The second-order valence-electron chi connectivity index (χ2n) is 6.67. The Morgan fingerprint density at radius 1 is 1.04 bits per heavy atom. The van der Waals surface area contributed by atoms with E-state index in [4.69, 9.17) is 4.74 Å². The number of ether oxygens (including phenoxy) is 1. The topological polar surface area (TPSA) is 56.1 Å². The Hall–Kier alpha value is -2.57. The van der Waals surface area contributed by atoms with Gasteiger partial charge in [-0.3, -0.25) is 9.47 Å². The molecule has 3 aromatic rings. The van der Waals surface area contributed by atoms with Crippen LogP contribution in [0.1, 0.15) is 24.1 Å². The number of benzene rings is 1. The van der Waals surface area contributed by atoms with Gasteiger partial charge in [0.2, 0.25) is 0 Å². The van der Waals surface area contributed by atoms with Crippen LogP contribution in [-0.2, 0) is 4.74 Å². The van der Waals surface area contributed by atoms with Crippen molar-refractivity contribution in [3.63, 3.8) is 0 Å². The molecular formula is C20H23N5O. The molecular weight excluding hydrogens is 326 g/mol. The van der Waals surface area contributed by atoms with Crippen LogP contribution in [0.15, 0.2) is 49.2 Å². The lowest BCUT2D eigenvalue weighted by Crippen LogP contribution is -2.37. The summed E-state index contributed by atoms with van der Waals surface area (Å²) in [6.07, 6.45) is 5.23. The van der Waals surface area contributed by atoms with Gasteiger partial charge in [-0.05, 0) is 36.6 Å². The molecule has 1 saturated heterocycles. The molecule has 1 aliphatic rings. The Labute approximate surface area is 153 Å². The third-order valence-electron chi connectivity index (χ3n) is 5.08. The van der Waals surface area contributed by atoms with Crippen LogP contribution < -0.4 is 0 Å². The summed E-state index contributed by atoms with van der Waals surface area (Å²) in [5, 5.41) is 7.67. The second-order valence-corrected chi connectivity index (χ2v) is 6.67. The number of pyridine rings is 1. The van der Waals surface area contributed by atoms with Crippen LogP contribution in [0.3, 0.4) is 0 Å². The number of aryl methyl sites for hydroxylation is 1. The summed E-state index contributed by atoms with van der Waals surface area (Å²) in [5.74, 6) is 0.828. The van der Waals surface area contributed by atoms with Gasteiger partial charge in [0, 0.05) is 30.9 Å². The number of morpholine rings is 1. The Morgan fingerprint density at radius 2 is 1.73 bits per heavy atom. The molecule has 0 spiro atoms. The molecule has 4 rings (SSSR count). The number of nitrogens with zero attached hydrogens (tertiary/aromatic N) is 5. The van der Waals surface area contributed by atoms with E-state index in [1.54, 1.807) is 12.7 Å². The first kappa shape index (κ1) is 16.9. The van der Waals surface area contributed by atoms with Crippen molar-refractivity contribution in [3.05, 3.63) is 60.3 Å². The maximum atomic E-state index is 5.45. The monoisotopic (exact) mass is 349 g/mol. The molecule has 1 atom stereocenters. The van der Waals surface area contributed by atoms with Crippen LogP contribution in [0.2, 0.25) is 0 Å². The normalized spacial score (nSPS) is 16.5. The predicted octanol–water partition coefficient (Wildman–Crippen LogP) is 3.03. The van der Waals surface area contributed by atoms with Gasteiger partial charge in [-0.1, -0.05) is 24.3 Å². The molecule has 0 radical (unpaired) electrons. The lowest BCUT2D eigenvalue weighted by Gasteiger charge is -2.32. The van der Waals surface area contributed by atoms with Crippen molar-refractivity contribution >= 4 is 0 Å². The fourth-order valence-electron chi connectivity index (χ4n) is 3.42. The van der Waals surface area contributed by atoms with Gasteiger partial charge >= 0.3 is 0 Å². The van der Waals surface area contributed by atoms with Crippen molar-refractivity contribution in [2.24, 2.45) is 0 Å². The minimum atomic E-state index is 0.406. The smallest absolute Gasteiger partial charge is 0.139 e. The zero-order chi connectivity index (χ0) is 17.9. The fraction of sp³-hybridized carbons (Fsp3) is 0.350. The van der Waals surface area contributed by atoms with E-state index in [-0.39, 0.29) is 0 Å². The first-order valence-electron chi connectivity index (χ1n) is 8.96. The van der Waals surface area contributed by atoms with Crippen LogP contribution in [0.25, 0.3) is 16.9 Å². The number of hydrogen-bond acceptors (Lipinski definition) is 5. The Balaban J connectivity index is 1.55. The number of hydrogen-bond donors (Lipinski definition) is 0.